The van der Waals surface area contributed by atoms with Crippen molar-refractivity contribution < 1.29 is 9.90 Å². The van der Waals surface area contributed by atoms with Gasteiger partial charge in [0.25, 0.3) is 0 Å². The Morgan fingerprint density at radius 3 is 3.23 bits per heavy atom. The van der Waals surface area contributed by atoms with Gasteiger partial charge in [-0.15, -0.1) is 0 Å². The summed E-state index contributed by atoms with van der Waals surface area (Å²) in [5.41, 5.74) is 2.17. The number of carboxylic acid groups (broad SMARTS) is 1. The fourth-order valence-electron chi connectivity index (χ4n) is 1.84. The summed E-state index contributed by atoms with van der Waals surface area (Å²) >= 11 is 0. The van der Waals surface area contributed by atoms with Gasteiger partial charge in [0.15, 0.2) is 0 Å². The second kappa shape index (κ2) is 2.87. The van der Waals surface area contributed by atoms with Crippen molar-refractivity contribution in [2.45, 2.75) is 19.3 Å². The van der Waals surface area contributed by atoms with Gasteiger partial charge in [0.2, 0.25) is 0 Å². The van der Waals surface area contributed by atoms with Gasteiger partial charge in [-0.3, -0.25) is 9.48 Å². The zero-order valence-corrected chi connectivity index (χ0v) is 7.53. The van der Waals surface area contributed by atoms with E-state index in [0.717, 1.165) is 18.5 Å². The van der Waals surface area contributed by atoms with Crippen LogP contribution in [0.2, 0.25) is 0 Å². The van der Waals surface area contributed by atoms with Crippen molar-refractivity contribution in [3.05, 3.63) is 17.5 Å². The Balaban J connectivity index is 2.24. The fraction of sp³-hybridized carbons (Fsp3) is 0.556. The van der Waals surface area contributed by atoms with Crippen molar-refractivity contribution in [2.24, 2.45) is 13.0 Å². The first kappa shape index (κ1) is 8.29. The van der Waals surface area contributed by atoms with E-state index >= 15 is 0 Å². The summed E-state index contributed by atoms with van der Waals surface area (Å²) in [6.07, 6.45) is 4.16. The highest BCUT2D eigenvalue weighted by molar-refractivity contribution is 5.70. The fourth-order valence-corrected chi connectivity index (χ4v) is 1.84. The molecule has 0 radical (unpaired) electrons. The lowest BCUT2D eigenvalue weighted by molar-refractivity contribution is -0.142. The van der Waals surface area contributed by atoms with Crippen molar-refractivity contribution >= 4 is 5.97 Å². The lowest BCUT2D eigenvalue weighted by atomic mass is 9.88. The normalized spacial score (nSPS) is 21.2. The van der Waals surface area contributed by atoms with E-state index in [1.807, 2.05) is 13.2 Å². The Bertz CT molecular complexity index is 343. The van der Waals surface area contributed by atoms with Gasteiger partial charge in [0.1, 0.15) is 0 Å². The number of aryl methyl sites for hydroxylation is 2. The molecule has 0 saturated carbocycles. The van der Waals surface area contributed by atoms with Crippen molar-refractivity contribution in [1.82, 2.24) is 9.78 Å². The third-order valence-electron chi connectivity index (χ3n) is 2.54. The second-order valence-electron chi connectivity index (χ2n) is 3.55. The van der Waals surface area contributed by atoms with Gasteiger partial charge in [0.05, 0.1) is 11.6 Å². The Morgan fingerprint density at radius 2 is 2.54 bits per heavy atom. The number of carboxylic acids is 1. The van der Waals surface area contributed by atoms with E-state index in [2.05, 4.69) is 5.10 Å². The molecule has 0 aromatic carbocycles. The van der Waals surface area contributed by atoms with Crippen LogP contribution in [0.15, 0.2) is 6.20 Å². The molecule has 1 N–H and O–H groups in total. The van der Waals surface area contributed by atoms with E-state index in [9.17, 15) is 4.79 Å². The molecule has 70 valence electrons. The lowest BCUT2D eigenvalue weighted by Crippen LogP contribution is -2.21. The molecule has 0 amide bonds. The number of aliphatic carboxylic acids is 1. The monoisotopic (exact) mass is 180 g/mol. The number of nitrogens with zero attached hydrogens (tertiary/aromatic N) is 2. The van der Waals surface area contributed by atoms with E-state index in [0.29, 0.717) is 6.42 Å². The standard InChI is InChI=1S/C9H12N2O2/c1-11-5-7-3-2-6(9(12)13)4-8(7)10-11/h5-6H,2-4H2,1H3,(H,12,13). The minimum absolute atomic E-state index is 0.234. The first-order valence-electron chi connectivity index (χ1n) is 4.41. The third kappa shape index (κ3) is 1.43. The van der Waals surface area contributed by atoms with Crippen LogP contribution in [-0.4, -0.2) is 20.9 Å². The maximum Gasteiger partial charge on any atom is 0.306 e. The molecule has 0 fully saturated rings. The van der Waals surface area contributed by atoms with Crippen molar-refractivity contribution in [1.29, 1.82) is 0 Å². The quantitative estimate of drug-likeness (QED) is 0.688. The summed E-state index contributed by atoms with van der Waals surface area (Å²) in [6.45, 7) is 0. The largest absolute Gasteiger partial charge is 0.481 e. The number of hydrogen-bond acceptors (Lipinski definition) is 2. The topological polar surface area (TPSA) is 55.1 Å². The smallest absolute Gasteiger partial charge is 0.306 e. The van der Waals surface area contributed by atoms with Crippen LogP contribution in [0.5, 0.6) is 0 Å². The molecular weight excluding hydrogens is 168 g/mol. The van der Waals surface area contributed by atoms with Crippen LogP contribution in [-0.2, 0) is 24.7 Å². The van der Waals surface area contributed by atoms with Gasteiger partial charge in [-0.25, -0.2) is 0 Å². The molecule has 1 aromatic heterocycles. The zero-order chi connectivity index (χ0) is 9.42. The molecule has 1 aliphatic carbocycles. The molecule has 4 heteroatoms. The molecule has 1 unspecified atom stereocenters. The SMILES string of the molecule is Cn1cc2c(n1)CC(C(=O)O)CC2. The minimum atomic E-state index is -0.698. The maximum atomic E-state index is 10.7. The number of fused-ring (bicyclic) bond motifs is 1. The maximum absolute atomic E-state index is 10.7. The van der Waals surface area contributed by atoms with E-state index in [-0.39, 0.29) is 5.92 Å². The van der Waals surface area contributed by atoms with Crippen LogP contribution < -0.4 is 0 Å². The van der Waals surface area contributed by atoms with Crippen LogP contribution in [0.3, 0.4) is 0 Å². The average molecular weight is 180 g/mol. The predicted molar refractivity (Wildman–Crippen MR) is 46.4 cm³/mol. The first-order chi connectivity index (χ1) is 6.16. The summed E-state index contributed by atoms with van der Waals surface area (Å²) in [7, 11) is 1.87. The number of carbonyl (C=O) groups is 1. The highest BCUT2D eigenvalue weighted by Gasteiger charge is 2.25. The highest BCUT2D eigenvalue weighted by Crippen LogP contribution is 2.24. The molecule has 4 nitrogen and oxygen atoms in total. The summed E-state index contributed by atoms with van der Waals surface area (Å²) in [4.78, 5) is 10.7. The Kier molecular flexibility index (Phi) is 1.83. The summed E-state index contributed by atoms with van der Waals surface area (Å²) in [5, 5.41) is 13.1. The van der Waals surface area contributed by atoms with Crippen LogP contribution in [0.25, 0.3) is 0 Å². The summed E-state index contributed by atoms with van der Waals surface area (Å²) < 4.78 is 1.76. The van der Waals surface area contributed by atoms with Gasteiger partial charge in [-0.2, -0.15) is 5.10 Å². The van der Waals surface area contributed by atoms with E-state index in [1.165, 1.54) is 5.56 Å². The van der Waals surface area contributed by atoms with Gasteiger partial charge < -0.3 is 5.11 Å². The van der Waals surface area contributed by atoms with Gasteiger partial charge in [-0.1, -0.05) is 0 Å². The zero-order valence-electron chi connectivity index (χ0n) is 7.53. The molecule has 13 heavy (non-hydrogen) atoms. The van der Waals surface area contributed by atoms with Crippen molar-refractivity contribution in [3.8, 4) is 0 Å². The molecule has 1 heterocycles. The Morgan fingerprint density at radius 1 is 1.77 bits per heavy atom. The molecule has 1 atom stereocenters. The van der Waals surface area contributed by atoms with E-state index in [4.69, 9.17) is 5.11 Å². The Labute approximate surface area is 76.2 Å². The molecule has 0 spiro atoms. The first-order valence-corrected chi connectivity index (χ1v) is 4.41. The molecule has 0 bridgehead atoms. The summed E-state index contributed by atoms with van der Waals surface area (Å²) in [5.74, 6) is -0.932. The van der Waals surface area contributed by atoms with Crippen molar-refractivity contribution in [3.63, 3.8) is 0 Å². The number of rotatable bonds is 1. The van der Waals surface area contributed by atoms with Gasteiger partial charge in [0, 0.05) is 19.7 Å². The van der Waals surface area contributed by atoms with Crippen molar-refractivity contribution in [2.75, 3.05) is 0 Å². The number of hydrogen-bond donors (Lipinski definition) is 1. The van der Waals surface area contributed by atoms with Crippen LogP contribution in [0.4, 0.5) is 0 Å². The molecular formula is C9H12N2O2. The molecule has 2 rings (SSSR count). The summed E-state index contributed by atoms with van der Waals surface area (Å²) in [6, 6.07) is 0. The van der Waals surface area contributed by atoms with E-state index < -0.39 is 5.97 Å². The van der Waals surface area contributed by atoms with Crippen LogP contribution >= 0.6 is 0 Å². The average Bonchev–Trinajstić information content (AvgIpc) is 2.42. The second-order valence-corrected chi connectivity index (χ2v) is 3.55. The minimum Gasteiger partial charge on any atom is -0.481 e. The van der Waals surface area contributed by atoms with Gasteiger partial charge >= 0.3 is 5.97 Å². The lowest BCUT2D eigenvalue weighted by Gasteiger charge is -2.16. The Hall–Kier alpha value is -1.32. The highest BCUT2D eigenvalue weighted by atomic mass is 16.4. The van der Waals surface area contributed by atoms with Crippen LogP contribution in [0, 0.1) is 5.92 Å². The predicted octanol–water partition coefficient (Wildman–Crippen LogP) is 0.610. The molecule has 0 aliphatic heterocycles. The molecule has 1 aliphatic rings. The number of aromatic nitrogens is 2. The van der Waals surface area contributed by atoms with E-state index in [1.54, 1.807) is 4.68 Å². The molecule has 0 saturated heterocycles. The van der Waals surface area contributed by atoms with Gasteiger partial charge in [-0.05, 0) is 18.4 Å². The molecule has 1 aromatic rings. The third-order valence-corrected chi connectivity index (χ3v) is 2.54. The van der Waals surface area contributed by atoms with Crippen LogP contribution in [0.1, 0.15) is 17.7 Å².